The molecule has 0 fully saturated rings. The Morgan fingerprint density at radius 3 is 2.28 bits per heavy atom. The highest BCUT2D eigenvalue weighted by Crippen LogP contribution is 2.17. The van der Waals surface area contributed by atoms with Gasteiger partial charge >= 0.3 is 0 Å². The second-order valence-corrected chi connectivity index (χ2v) is 7.82. The van der Waals surface area contributed by atoms with Crippen LogP contribution in [0.4, 0.5) is 5.69 Å². The van der Waals surface area contributed by atoms with Crippen LogP contribution >= 0.6 is 12.2 Å². The van der Waals surface area contributed by atoms with E-state index in [0.29, 0.717) is 18.1 Å². The van der Waals surface area contributed by atoms with Gasteiger partial charge < -0.3 is 15.4 Å². The van der Waals surface area contributed by atoms with Crippen molar-refractivity contribution in [2.75, 3.05) is 11.9 Å². The van der Waals surface area contributed by atoms with E-state index in [2.05, 4.69) is 24.1 Å². The number of amides is 1. The highest BCUT2D eigenvalue weighted by atomic mass is 32.1. The standard InChI is InChI=1S/C24H38N2O2S/c1-3-5-6-7-8-9-10-11-12-13-14-18-23(27)26-24(29)25-21-16-15-17-22(20-21)28-19-4-2/h4,15-17,20H,2-3,5-14,18-19H2,1H3,(H2,25,26,27,29). The molecule has 0 aliphatic rings. The third-order valence-corrected chi connectivity index (χ3v) is 4.92. The molecule has 29 heavy (non-hydrogen) atoms. The Bertz CT molecular complexity index is 604. The Balaban J connectivity index is 2.07. The number of nitrogens with one attached hydrogen (secondary N) is 2. The highest BCUT2D eigenvalue weighted by Gasteiger charge is 2.05. The van der Waals surface area contributed by atoms with Crippen LogP contribution in [0.25, 0.3) is 0 Å². The number of unbranched alkanes of at least 4 members (excludes halogenated alkanes) is 10. The lowest BCUT2D eigenvalue weighted by atomic mass is 10.1. The molecule has 0 saturated heterocycles. The monoisotopic (exact) mass is 418 g/mol. The third kappa shape index (κ3) is 13.9. The van der Waals surface area contributed by atoms with Crippen molar-refractivity contribution in [1.82, 2.24) is 5.32 Å². The average Bonchev–Trinajstić information content (AvgIpc) is 2.70. The molecule has 1 rings (SSSR count). The second kappa shape index (κ2) is 17.0. The molecule has 5 heteroatoms. The van der Waals surface area contributed by atoms with Crippen LogP contribution in [0.15, 0.2) is 36.9 Å². The van der Waals surface area contributed by atoms with Crippen LogP contribution in [0.2, 0.25) is 0 Å². The number of hydrogen-bond acceptors (Lipinski definition) is 3. The molecule has 1 aromatic rings. The van der Waals surface area contributed by atoms with Crippen LogP contribution in [0.5, 0.6) is 5.75 Å². The molecule has 1 amide bonds. The van der Waals surface area contributed by atoms with Crippen LogP contribution in [0.3, 0.4) is 0 Å². The largest absolute Gasteiger partial charge is 0.489 e. The van der Waals surface area contributed by atoms with E-state index >= 15 is 0 Å². The number of hydrogen-bond donors (Lipinski definition) is 2. The molecule has 0 unspecified atom stereocenters. The number of ether oxygens (including phenoxy) is 1. The summed E-state index contributed by atoms with van der Waals surface area (Å²) in [4.78, 5) is 12.0. The topological polar surface area (TPSA) is 50.4 Å². The molecule has 0 aliphatic heterocycles. The Labute approximate surface area is 182 Å². The summed E-state index contributed by atoms with van der Waals surface area (Å²) in [6.45, 7) is 6.33. The maximum absolute atomic E-state index is 12.0. The number of carbonyl (C=O) groups excluding carboxylic acids is 1. The lowest BCUT2D eigenvalue weighted by Gasteiger charge is -2.11. The number of benzene rings is 1. The first-order valence-electron chi connectivity index (χ1n) is 11.1. The maximum Gasteiger partial charge on any atom is 0.226 e. The number of rotatable bonds is 16. The lowest BCUT2D eigenvalue weighted by molar-refractivity contribution is -0.119. The summed E-state index contributed by atoms with van der Waals surface area (Å²) < 4.78 is 5.49. The van der Waals surface area contributed by atoms with E-state index in [0.717, 1.165) is 24.3 Å². The first-order chi connectivity index (χ1) is 14.2. The van der Waals surface area contributed by atoms with Crippen molar-refractivity contribution in [2.24, 2.45) is 0 Å². The molecule has 2 N–H and O–H groups in total. The summed E-state index contributed by atoms with van der Waals surface area (Å²) >= 11 is 5.23. The summed E-state index contributed by atoms with van der Waals surface area (Å²) in [5, 5.41) is 6.10. The van der Waals surface area contributed by atoms with Crippen molar-refractivity contribution in [3.63, 3.8) is 0 Å². The molecule has 0 atom stereocenters. The predicted octanol–water partition coefficient (Wildman–Crippen LogP) is 6.77. The van der Waals surface area contributed by atoms with Crippen molar-refractivity contribution in [2.45, 2.75) is 84.0 Å². The molecule has 0 aliphatic carbocycles. The van der Waals surface area contributed by atoms with E-state index < -0.39 is 0 Å². The van der Waals surface area contributed by atoms with Gasteiger partial charge in [-0.25, -0.2) is 0 Å². The molecule has 0 aromatic heterocycles. The van der Waals surface area contributed by atoms with E-state index in [1.165, 1.54) is 57.8 Å². The zero-order valence-electron chi connectivity index (χ0n) is 18.0. The molecular formula is C24H38N2O2S. The van der Waals surface area contributed by atoms with Gasteiger partial charge in [0.2, 0.25) is 5.91 Å². The Kier molecular flexibility index (Phi) is 14.8. The van der Waals surface area contributed by atoms with Gasteiger partial charge in [-0.05, 0) is 30.8 Å². The van der Waals surface area contributed by atoms with Crippen LogP contribution in [-0.4, -0.2) is 17.6 Å². The highest BCUT2D eigenvalue weighted by molar-refractivity contribution is 7.80. The van der Waals surface area contributed by atoms with Crippen molar-refractivity contribution >= 4 is 28.9 Å². The van der Waals surface area contributed by atoms with Gasteiger partial charge in [-0.3, -0.25) is 4.79 Å². The van der Waals surface area contributed by atoms with Crippen molar-refractivity contribution in [1.29, 1.82) is 0 Å². The molecule has 1 aromatic carbocycles. The second-order valence-electron chi connectivity index (χ2n) is 7.42. The van der Waals surface area contributed by atoms with Crippen LogP contribution in [0, 0.1) is 0 Å². The SMILES string of the molecule is C=CCOc1cccc(NC(=S)NC(=O)CCCCCCCCCCCCC)c1. The number of carbonyl (C=O) groups is 1. The molecule has 0 spiro atoms. The summed E-state index contributed by atoms with van der Waals surface area (Å²) in [7, 11) is 0. The first-order valence-corrected chi connectivity index (χ1v) is 11.5. The van der Waals surface area contributed by atoms with Gasteiger partial charge in [-0.15, -0.1) is 0 Å². The summed E-state index contributed by atoms with van der Waals surface area (Å²) in [6.07, 6.45) is 16.2. The van der Waals surface area contributed by atoms with Crippen molar-refractivity contribution in [3.8, 4) is 5.75 Å². The van der Waals surface area contributed by atoms with Crippen LogP contribution < -0.4 is 15.4 Å². The summed E-state index contributed by atoms with van der Waals surface area (Å²) in [6, 6.07) is 7.45. The molecule has 0 bridgehead atoms. The van der Waals surface area contributed by atoms with E-state index in [4.69, 9.17) is 17.0 Å². The molecule has 0 saturated carbocycles. The van der Waals surface area contributed by atoms with E-state index in [1.54, 1.807) is 6.08 Å². The minimum atomic E-state index is -0.0301. The van der Waals surface area contributed by atoms with E-state index in [-0.39, 0.29) is 5.91 Å². The molecule has 162 valence electrons. The minimum absolute atomic E-state index is 0.0301. The van der Waals surface area contributed by atoms with Gasteiger partial charge in [-0.1, -0.05) is 89.9 Å². The molecule has 4 nitrogen and oxygen atoms in total. The Hall–Kier alpha value is -1.88. The average molecular weight is 419 g/mol. The number of thiocarbonyl (C=S) groups is 1. The van der Waals surface area contributed by atoms with Gasteiger partial charge in [0.1, 0.15) is 12.4 Å². The lowest BCUT2D eigenvalue weighted by Crippen LogP contribution is -2.33. The predicted molar refractivity (Wildman–Crippen MR) is 128 cm³/mol. The molecule has 0 radical (unpaired) electrons. The number of anilines is 1. The molecular weight excluding hydrogens is 380 g/mol. The van der Waals surface area contributed by atoms with Crippen molar-refractivity contribution < 1.29 is 9.53 Å². The normalized spacial score (nSPS) is 10.4. The quantitative estimate of drug-likeness (QED) is 0.177. The zero-order chi connectivity index (χ0) is 21.2. The fourth-order valence-electron chi connectivity index (χ4n) is 3.12. The van der Waals surface area contributed by atoms with Crippen LogP contribution in [-0.2, 0) is 4.79 Å². The summed E-state index contributed by atoms with van der Waals surface area (Å²) in [5.41, 5.74) is 0.784. The van der Waals surface area contributed by atoms with Gasteiger partial charge in [0.15, 0.2) is 5.11 Å². The van der Waals surface area contributed by atoms with Gasteiger partial charge in [-0.2, -0.15) is 0 Å². The fraction of sp³-hybridized carbons (Fsp3) is 0.583. The minimum Gasteiger partial charge on any atom is -0.489 e. The zero-order valence-corrected chi connectivity index (χ0v) is 18.8. The molecule has 0 heterocycles. The van der Waals surface area contributed by atoms with Crippen LogP contribution in [0.1, 0.15) is 84.0 Å². The summed E-state index contributed by atoms with van der Waals surface area (Å²) in [5.74, 6) is 0.697. The van der Waals surface area contributed by atoms with Crippen molar-refractivity contribution in [3.05, 3.63) is 36.9 Å². The first kappa shape index (κ1) is 25.2. The Morgan fingerprint density at radius 1 is 1.03 bits per heavy atom. The third-order valence-electron chi connectivity index (χ3n) is 4.72. The van der Waals surface area contributed by atoms with E-state index in [9.17, 15) is 4.79 Å². The smallest absolute Gasteiger partial charge is 0.226 e. The van der Waals surface area contributed by atoms with Gasteiger partial charge in [0.05, 0.1) is 0 Å². The maximum atomic E-state index is 12.0. The Morgan fingerprint density at radius 2 is 1.66 bits per heavy atom. The van der Waals surface area contributed by atoms with Gasteiger partial charge in [0.25, 0.3) is 0 Å². The fourth-order valence-corrected chi connectivity index (χ4v) is 3.35. The van der Waals surface area contributed by atoms with E-state index in [1.807, 2.05) is 24.3 Å². The van der Waals surface area contributed by atoms with Gasteiger partial charge in [0, 0.05) is 18.2 Å².